The van der Waals surface area contributed by atoms with Gasteiger partial charge in [-0.3, -0.25) is 4.58 Å². The first-order valence-corrected chi connectivity index (χ1v) is 9.83. The fourth-order valence-corrected chi connectivity index (χ4v) is 4.28. The fraction of sp³-hybridized carbons (Fsp3) is 0.381. The highest BCUT2D eigenvalue weighted by Gasteiger charge is 2.53. The van der Waals surface area contributed by atoms with Crippen LogP contribution in [-0.4, -0.2) is 28.6 Å². The third-order valence-electron chi connectivity index (χ3n) is 5.33. The molecule has 4 heteroatoms. The van der Waals surface area contributed by atoms with Gasteiger partial charge in [0.2, 0.25) is 0 Å². The van der Waals surface area contributed by atoms with E-state index in [2.05, 4.69) is 68.7 Å². The van der Waals surface area contributed by atoms with E-state index in [1.165, 1.54) is 30.7 Å². The van der Waals surface area contributed by atoms with Crippen molar-refractivity contribution >= 4 is 27.5 Å². The first kappa shape index (κ1) is 16.8. The van der Waals surface area contributed by atoms with Gasteiger partial charge in [0.1, 0.15) is 5.69 Å². The summed E-state index contributed by atoms with van der Waals surface area (Å²) in [6.45, 7) is 3.73. The minimum atomic E-state index is -1.02. The number of aryl methyl sites for hydroxylation is 1. The maximum atomic E-state index is 11.8. The lowest BCUT2D eigenvalue weighted by molar-refractivity contribution is -0.534. The van der Waals surface area contributed by atoms with Crippen LogP contribution in [0.1, 0.15) is 36.8 Å². The van der Waals surface area contributed by atoms with Crippen LogP contribution >= 0.6 is 15.9 Å². The molecule has 2 aliphatic heterocycles. The summed E-state index contributed by atoms with van der Waals surface area (Å²) in [5, 5.41) is 11.8. The summed E-state index contributed by atoms with van der Waals surface area (Å²) in [6, 6.07) is 16.6. The van der Waals surface area contributed by atoms with Gasteiger partial charge in [0.25, 0.3) is 11.6 Å². The van der Waals surface area contributed by atoms with Crippen molar-refractivity contribution in [1.82, 2.24) is 0 Å². The molecule has 130 valence electrons. The Hall–Kier alpha value is -1.65. The van der Waals surface area contributed by atoms with Gasteiger partial charge in [0, 0.05) is 16.5 Å². The molecule has 2 aromatic rings. The second kappa shape index (κ2) is 6.58. The van der Waals surface area contributed by atoms with E-state index in [1.807, 2.05) is 12.1 Å². The van der Waals surface area contributed by atoms with Crippen molar-refractivity contribution in [3.63, 3.8) is 0 Å². The zero-order valence-corrected chi connectivity index (χ0v) is 16.2. The molecular weight excluding hydrogens is 376 g/mol. The van der Waals surface area contributed by atoms with Gasteiger partial charge in [0.05, 0.1) is 6.54 Å². The predicted molar refractivity (Wildman–Crippen MR) is 105 cm³/mol. The first-order chi connectivity index (χ1) is 12.1. The zero-order chi connectivity index (χ0) is 17.4. The molecule has 4 rings (SSSR count). The van der Waals surface area contributed by atoms with Crippen LogP contribution in [0.2, 0.25) is 0 Å². The van der Waals surface area contributed by atoms with Gasteiger partial charge in [0.15, 0.2) is 6.54 Å². The average Bonchev–Trinajstić information content (AvgIpc) is 2.74. The molecule has 1 N–H and O–H groups in total. The minimum absolute atomic E-state index is 0.626. The Labute approximate surface area is 157 Å². The lowest BCUT2D eigenvalue weighted by atomic mass is 9.99. The van der Waals surface area contributed by atoms with Crippen molar-refractivity contribution in [2.24, 2.45) is 0 Å². The van der Waals surface area contributed by atoms with Gasteiger partial charge in [-0.2, -0.15) is 4.90 Å². The maximum Gasteiger partial charge on any atom is 0.275 e. The molecule has 0 aliphatic carbocycles. The van der Waals surface area contributed by atoms with E-state index in [-0.39, 0.29) is 0 Å². The van der Waals surface area contributed by atoms with Gasteiger partial charge < -0.3 is 5.11 Å². The predicted octanol–water partition coefficient (Wildman–Crippen LogP) is 4.41. The highest BCUT2D eigenvalue weighted by molar-refractivity contribution is 9.10. The number of halogens is 1. The van der Waals surface area contributed by atoms with Crippen LogP contribution in [0.5, 0.6) is 0 Å². The van der Waals surface area contributed by atoms with Crippen LogP contribution < -0.4 is 4.90 Å². The Kier molecular flexibility index (Phi) is 4.42. The topological polar surface area (TPSA) is 26.5 Å². The van der Waals surface area contributed by atoms with Crippen molar-refractivity contribution < 1.29 is 9.68 Å². The molecule has 25 heavy (non-hydrogen) atoms. The summed E-state index contributed by atoms with van der Waals surface area (Å²) in [6.07, 6.45) is 4.66. The fourth-order valence-electron chi connectivity index (χ4n) is 4.02. The Balaban J connectivity index is 1.83. The Morgan fingerprint density at radius 2 is 1.72 bits per heavy atom. The van der Waals surface area contributed by atoms with Crippen molar-refractivity contribution in [2.45, 2.75) is 38.3 Å². The van der Waals surface area contributed by atoms with E-state index in [4.69, 9.17) is 0 Å². The highest BCUT2D eigenvalue weighted by atomic mass is 79.9. The van der Waals surface area contributed by atoms with Crippen molar-refractivity contribution in [1.29, 1.82) is 0 Å². The van der Waals surface area contributed by atoms with Crippen molar-refractivity contribution in [3.05, 3.63) is 64.1 Å². The molecule has 0 unspecified atom stereocenters. The van der Waals surface area contributed by atoms with Gasteiger partial charge >= 0.3 is 0 Å². The highest BCUT2D eigenvalue weighted by Crippen LogP contribution is 2.38. The van der Waals surface area contributed by atoms with E-state index in [9.17, 15) is 5.11 Å². The smallest absolute Gasteiger partial charge is 0.275 e. The van der Waals surface area contributed by atoms with Gasteiger partial charge in [-0.15, -0.1) is 0 Å². The van der Waals surface area contributed by atoms with E-state index in [1.54, 1.807) is 0 Å². The quantitative estimate of drug-likeness (QED) is 0.756. The van der Waals surface area contributed by atoms with Crippen LogP contribution in [0.3, 0.4) is 0 Å². The Bertz CT molecular complexity index is 798. The number of hydrogen-bond acceptors (Lipinski definition) is 2. The van der Waals surface area contributed by atoms with Crippen LogP contribution in [0, 0.1) is 6.92 Å². The van der Waals surface area contributed by atoms with Gasteiger partial charge in [-0.05, 0) is 50.5 Å². The van der Waals surface area contributed by atoms with E-state index >= 15 is 0 Å². The molecule has 0 saturated heterocycles. The third kappa shape index (κ3) is 3.02. The molecule has 3 nitrogen and oxygen atoms in total. The second-order valence-corrected chi connectivity index (χ2v) is 8.06. The number of anilines is 1. The summed E-state index contributed by atoms with van der Waals surface area (Å²) < 4.78 is 3.44. The van der Waals surface area contributed by atoms with Crippen LogP contribution in [0.15, 0.2) is 53.0 Å². The van der Waals surface area contributed by atoms with E-state index in [0.717, 1.165) is 28.7 Å². The van der Waals surface area contributed by atoms with Crippen LogP contribution in [0.25, 0.3) is 0 Å². The van der Waals surface area contributed by atoms with Crippen LogP contribution in [-0.2, 0) is 5.72 Å². The van der Waals surface area contributed by atoms with Crippen molar-refractivity contribution in [2.75, 3.05) is 18.0 Å². The summed E-state index contributed by atoms with van der Waals surface area (Å²) in [5.41, 5.74) is 2.20. The molecule has 0 saturated carbocycles. The molecule has 0 bridgehead atoms. The molecule has 2 aromatic carbocycles. The van der Waals surface area contributed by atoms with Crippen molar-refractivity contribution in [3.8, 4) is 0 Å². The third-order valence-corrected chi connectivity index (χ3v) is 5.86. The summed E-state index contributed by atoms with van der Waals surface area (Å²) >= 11 is 3.52. The molecule has 2 aliphatic rings. The normalized spacial score (nSPS) is 23.6. The number of aliphatic hydroxyl groups is 1. The number of amidine groups is 1. The average molecular weight is 400 g/mol. The van der Waals surface area contributed by atoms with Gasteiger partial charge in [-0.25, -0.2) is 0 Å². The monoisotopic (exact) mass is 399 g/mol. The Morgan fingerprint density at radius 1 is 1.00 bits per heavy atom. The standard InChI is InChI=1S/C21H24BrN2O/c1-16-6-8-17(9-7-16)21(25)15-23-14-4-2-3-5-20(23)24(21)19-12-10-18(22)11-13-19/h6-13,25H,2-5,14-15H2,1H3/q+1/t21-/m1/s1. The molecule has 0 radical (unpaired) electrons. The summed E-state index contributed by atoms with van der Waals surface area (Å²) in [7, 11) is 0. The maximum absolute atomic E-state index is 11.8. The van der Waals surface area contributed by atoms with E-state index in [0.29, 0.717) is 6.54 Å². The number of rotatable bonds is 2. The SMILES string of the molecule is Cc1ccc([C@]2(O)C[N+]3=C(CCCCC3)N2c2ccc(Br)cc2)cc1. The molecule has 0 fully saturated rings. The molecule has 1 atom stereocenters. The second-order valence-electron chi connectivity index (χ2n) is 7.14. The number of nitrogens with zero attached hydrogens (tertiary/aromatic N) is 2. The van der Waals surface area contributed by atoms with Crippen LogP contribution in [0.4, 0.5) is 5.69 Å². The zero-order valence-electron chi connectivity index (χ0n) is 14.6. The number of hydrogen-bond donors (Lipinski definition) is 1. The van der Waals surface area contributed by atoms with E-state index < -0.39 is 5.72 Å². The number of benzene rings is 2. The minimum Gasteiger partial charge on any atom is -0.346 e. The first-order valence-electron chi connectivity index (χ1n) is 9.04. The molecular formula is C21H24BrN2O+. The van der Waals surface area contributed by atoms with Gasteiger partial charge in [-0.1, -0.05) is 45.8 Å². The lowest BCUT2D eigenvalue weighted by Crippen LogP contribution is -2.47. The molecule has 0 amide bonds. The lowest BCUT2D eigenvalue weighted by Gasteiger charge is -2.29. The summed E-state index contributed by atoms with van der Waals surface area (Å²) in [4.78, 5) is 2.16. The summed E-state index contributed by atoms with van der Waals surface area (Å²) in [5.74, 6) is 1.25. The molecule has 0 aromatic heterocycles. The molecule has 2 heterocycles. The Morgan fingerprint density at radius 3 is 2.44 bits per heavy atom. The largest absolute Gasteiger partial charge is 0.346 e. The molecule has 0 spiro atoms.